The molecule has 0 aliphatic carbocycles. The van der Waals surface area contributed by atoms with Crippen molar-refractivity contribution in [3.63, 3.8) is 0 Å². The number of epoxide rings is 1. The summed E-state index contributed by atoms with van der Waals surface area (Å²) >= 11 is 0. The van der Waals surface area contributed by atoms with Gasteiger partial charge in [0.25, 0.3) is 0 Å². The van der Waals surface area contributed by atoms with Crippen molar-refractivity contribution in [2.75, 3.05) is 13.2 Å². The summed E-state index contributed by atoms with van der Waals surface area (Å²) in [6.07, 6.45) is -0.0855. The van der Waals surface area contributed by atoms with Crippen LogP contribution in [-0.4, -0.2) is 68.3 Å². The van der Waals surface area contributed by atoms with Crippen LogP contribution in [0.1, 0.15) is 34.6 Å². The Morgan fingerprint density at radius 1 is 1.30 bits per heavy atom. The van der Waals surface area contributed by atoms with Crippen molar-refractivity contribution >= 4 is 12.1 Å². The summed E-state index contributed by atoms with van der Waals surface area (Å²) in [4.78, 5) is 26.0. The van der Waals surface area contributed by atoms with Gasteiger partial charge in [0.2, 0.25) is 0 Å². The summed E-state index contributed by atoms with van der Waals surface area (Å²) in [6, 6.07) is -1.37. The number of hydrazine groups is 2. The molecule has 20 heavy (non-hydrogen) atoms. The van der Waals surface area contributed by atoms with Gasteiger partial charge < -0.3 is 4.74 Å². The molecule has 1 atom stereocenters. The van der Waals surface area contributed by atoms with E-state index in [0.717, 1.165) is 14.9 Å². The van der Waals surface area contributed by atoms with Gasteiger partial charge in [-0.2, -0.15) is 0 Å². The molecule has 0 radical (unpaired) electrons. The molecule has 2 aliphatic heterocycles. The molecule has 8 nitrogen and oxygen atoms in total. The van der Waals surface area contributed by atoms with Gasteiger partial charge in [0, 0.05) is 11.3 Å². The Bertz CT molecular complexity index is 416. The van der Waals surface area contributed by atoms with Crippen LogP contribution in [0, 0.1) is 0 Å². The molecular weight excluding hydrogens is 264 g/mol. The Morgan fingerprint density at radius 3 is 2.25 bits per heavy atom. The molecule has 2 aliphatic rings. The summed E-state index contributed by atoms with van der Waals surface area (Å²) in [6.45, 7) is 9.66. The van der Waals surface area contributed by atoms with E-state index < -0.39 is 17.6 Å². The van der Waals surface area contributed by atoms with Crippen LogP contribution in [0.3, 0.4) is 0 Å². The number of carbonyl (C=O) groups is 2. The van der Waals surface area contributed by atoms with Crippen LogP contribution in [-0.2, 0) is 4.74 Å². The predicted molar refractivity (Wildman–Crippen MR) is 69.4 cm³/mol. The molecule has 4 amide bonds. The Balaban J connectivity index is 2.33. The standard InChI is InChI=1S/C12H22N4O4/c1-8(2)14-10(17)13(6-9-7-20-9)16(19)15(11(14)18)12(3,4)5/h8-9,19H,6-7H2,1-5H3. The van der Waals surface area contributed by atoms with E-state index in [1.807, 2.05) is 0 Å². The molecule has 2 fully saturated rings. The van der Waals surface area contributed by atoms with Crippen LogP contribution in [0.2, 0.25) is 0 Å². The first-order chi connectivity index (χ1) is 9.14. The first-order valence-electron chi connectivity index (χ1n) is 6.70. The number of urea groups is 2. The zero-order valence-corrected chi connectivity index (χ0v) is 12.5. The van der Waals surface area contributed by atoms with Crippen molar-refractivity contribution in [1.82, 2.24) is 20.2 Å². The fourth-order valence-electron chi connectivity index (χ4n) is 2.08. The van der Waals surface area contributed by atoms with Crippen molar-refractivity contribution in [3.8, 4) is 0 Å². The molecule has 2 saturated heterocycles. The molecule has 1 unspecified atom stereocenters. The fraction of sp³-hybridized carbons (Fsp3) is 0.833. The van der Waals surface area contributed by atoms with Gasteiger partial charge in [-0.15, -0.1) is 0 Å². The third kappa shape index (κ3) is 2.58. The minimum absolute atomic E-state index is 0.0855. The highest BCUT2D eigenvalue weighted by atomic mass is 16.6. The highest BCUT2D eigenvalue weighted by Crippen LogP contribution is 2.27. The molecule has 8 heteroatoms. The number of rotatable bonds is 3. The highest BCUT2D eigenvalue weighted by Gasteiger charge is 2.49. The van der Waals surface area contributed by atoms with Gasteiger partial charge in [-0.3, -0.25) is 5.21 Å². The van der Waals surface area contributed by atoms with Gasteiger partial charge >= 0.3 is 12.1 Å². The smallest absolute Gasteiger partial charge is 0.346 e. The number of hydrogen-bond acceptors (Lipinski definition) is 5. The number of hydrogen-bond donors (Lipinski definition) is 1. The number of imide groups is 1. The van der Waals surface area contributed by atoms with Crippen molar-refractivity contribution in [2.45, 2.75) is 52.3 Å². The lowest BCUT2D eigenvalue weighted by Gasteiger charge is -2.50. The maximum atomic E-state index is 12.5. The Labute approximate surface area is 118 Å². The van der Waals surface area contributed by atoms with Crippen molar-refractivity contribution in [2.24, 2.45) is 0 Å². The van der Waals surface area contributed by atoms with E-state index in [1.165, 1.54) is 0 Å². The van der Waals surface area contributed by atoms with Gasteiger partial charge in [0.15, 0.2) is 0 Å². The van der Waals surface area contributed by atoms with Crippen LogP contribution in [0.5, 0.6) is 0 Å². The summed E-state index contributed by atoms with van der Waals surface area (Å²) in [5.41, 5.74) is -0.664. The van der Waals surface area contributed by atoms with Crippen molar-refractivity contribution in [1.29, 1.82) is 0 Å². The van der Waals surface area contributed by atoms with E-state index in [1.54, 1.807) is 34.6 Å². The van der Waals surface area contributed by atoms with Crippen molar-refractivity contribution < 1.29 is 19.5 Å². The SMILES string of the molecule is CC(C)N1C(=O)N(CC2CO2)N(O)N(C(C)(C)C)C1=O. The van der Waals surface area contributed by atoms with Gasteiger partial charge in [-0.25, -0.2) is 24.5 Å². The van der Waals surface area contributed by atoms with Crippen LogP contribution >= 0.6 is 0 Å². The number of carbonyl (C=O) groups excluding carboxylic acids is 2. The maximum Gasteiger partial charge on any atom is 0.346 e. The monoisotopic (exact) mass is 286 g/mol. The summed E-state index contributed by atoms with van der Waals surface area (Å²) < 4.78 is 5.10. The third-order valence-corrected chi connectivity index (χ3v) is 3.14. The molecule has 2 rings (SSSR count). The van der Waals surface area contributed by atoms with E-state index in [2.05, 4.69) is 0 Å². The highest BCUT2D eigenvalue weighted by molar-refractivity contribution is 5.95. The maximum absolute atomic E-state index is 12.5. The fourth-order valence-corrected chi connectivity index (χ4v) is 2.08. The Morgan fingerprint density at radius 2 is 1.85 bits per heavy atom. The average molecular weight is 286 g/mol. The summed E-state index contributed by atoms with van der Waals surface area (Å²) in [5, 5.41) is 13.2. The van der Waals surface area contributed by atoms with Crippen LogP contribution in [0.15, 0.2) is 0 Å². The molecule has 0 aromatic rings. The second-order valence-corrected chi connectivity index (χ2v) is 6.32. The quantitative estimate of drug-likeness (QED) is 0.790. The summed E-state index contributed by atoms with van der Waals surface area (Å²) in [5.74, 6) is 0. The molecule has 1 N–H and O–H groups in total. The normalized spacial score (nSPS) is 24.9. The minimum Gasteiger partial charge on any atom is -0.371 e. The molecular formula is C12H22N4O4. The molecule has 0 saturated carbocycles. The van der Waals surface area contributed by atoms with E-state index in [9.17, 15) is 14.8 Å². The van der Waals surface area contributed by atoms with Gasteiger partial charge in [-0.1, -0.05) is 0 Å². The van der Waals surface area contributed by atoms with Gasteiger partial charge in [-0.05, 0) is 34.6 Å². The molecule has 0 aromatic carbocycles. The van der Waals surface area contributed by atoms with E-state index in [0.29, 0.717) is 11.9 Å². The largest absolute Gasteiger partial charge is 0.371 e. The first kappa shape index (κ1) is 15.0. The zero-order chi connectivity index (χ0) is 15.2. The lowest BCUT2D eigenvalue weighted by atomic mass is 10.1. The molecule has 0 spiro atoms. The van der Waals surface area contributed by atoms with Gasteiger partial charge in [0.1, 0.15) is 6.10 Å². The number of ether oxygens (including phenoxy) is 1. The lowest BCUT2D eigenvalue weighted by Crippen LogP contribution is -2.73. The first-order valence-corrected chi connectivity index (χ1v) is 6.70. The lowest BCUT2D eigenvalue weighted by molar-refractivity contribution is -0.356. The predicted octanol–water partition coefficient (Wildman–Crippen LogP) is 1.27. The van der Waals surface area contributed by atoms with E-state index >= 15 is 0 Å². The second-order valence-electron chi connectivity index (χ2n) is 6.32. The van der Waals surface area contributed by atoms with Crippen molar-refractivity contribution in [3.05, 3.63) is 0 Å². The minimum atomic E-state index is -0.664. The van der Waals surface area contributed by atoms with Crippen LogP contribution < -0.4 is 0 Å². The third-order valence-electron chi connectivity index (χ3n) is 3.14. The topological polar surface area (TPSA) is 79.9 Å². The van der Waals surface area contributed by atoms with Gasteiger partial charge in [0.05, 0.1) is 18.7 Å². The zero-order valence-electron chi connectivity index (χ0n) is 12.5. The molecule has 114 valence electrons. The molecule has 2 heterocycles. The Hall–Kier alpha value is -1.38. The average Bonchev–Trinajstić information content (AvgIpc) is 3.05. The molecule has 0 aromatic heterocycles. The Kier molecular flexibility index (Phi) is 3.66. The summed E-state index contributed by atoms with van der Waals surface area (Å²) in [7, 11) is 0. The van der Waals surface area contributed by atoms with Crippen LogP contribution in [0.25, 0.3) is 0 Å². The van der Waals surface area contributed by atoms with Crippen LogP contribution in [0.4, 0.5) is 9.59 Å². The number of amides is 4. The van der Waals surface area contributed by atoms with E-state index in [-0.39, 0.29) is 18.7 Å². The number of nitrogens with zero attached hydrogens (tertiary/aromatic N) is 4. The van der Waals surface area contributed by atoms with E-state index in [4.69, 9.17) is 4.74 Å². The second kappa shape index (κ2) is 4.87. The molecule has 0 bridgehead atoms.